The predicted octanol–water partition coefficient (Wildman–Crippen LogP) is -2.05. The number of rotatable bonds is 4. The maximum Gasteiger partial charge on any atom is 0.281 e. The minimum Gasteiger partial charge on any atom is -0.265 e. The minimum absolute atomic E-state index is 0.289. The van der Waals surface area contributed by atoms with E-state index in [9.17, 15) is 21.6 Å². The number of piperidine rings is 1. The molecule has 0 aromatic carbocycles. The number of hydrogen-bond acceptors (Lipinski definition) is 5. The van der Waals surface area contributed by atoms with Gasteiger partial charge < -0.3 is 0 Å². The van der Waals surface area contributed by atoms with Crippen LogP contribution in [-0.4, -0.2) is 79.2 Å². The van der Waals surface area contributed by atoms with Crippen LogP contribution in [0.15, 0.2) is 29.7 Å². The minimum atomic E-state index is -4.32. The molecule has 4 rings (SSSR count). The van der Waals surface area contributed by atoms with Crippen molar-refractivity contribution < 1.29 is 21.6 Å². The van der Waals surface area contributed by atoms with Gasteiger partial charge in [0.2, 0.25) is 10.0 Å². The summed E-state index contributed by atoms with van der Waals surface area (Å²) in [5.74, 6) is -0.755. The molecular formula is C16H21B4F3N6O2S. The summed E-state index contributed by atoms with van der Waals surface area (Å²) in [6.07, 6.45) is 1.45. The molecule has 0 atom stereocenters. The third-order valence-corrected chi connectivity index (χ3v) is 8.44. The number of fused-ring (bicyclic) bond motifs is 1. The number of alkyl halides is 2. The summed E-state index contributed by atoms with van der Waals surface area (Å²) >= 11 is 0. The highest BCUT2D eigenvalue weighted by molar-refractivity contribution is 7.89. The fourth-order valence-electron chi connectivity index (χ4n) is 5.26. The van der Waals surface area contributed by atoms with Gasteiger partial charge >= 0.3 is 0 Å². The van der Waals surface area contributed by atoms with E-state index in [2.05, 4.69) is 15.2 Å². The summed E-state index contributed by atoms with van der Waals surface area (Å²) < 4.78 is 73.1. The van der Waals surface area contributed by atoms with Crippen molar-refractivity contribution in [3.8, 4) is 0 Å². The summed E-state index contributed by atoms with van der Waals surface area (Å²) in [6.45, 7) is 0. The number of aryl methyl sites for hydroxylation is 1. The van der Waals surface area contributed by atoms with Crippen molar-refractivity contribution in [2.75, 3.05) is 0 Å². The van der Waals surface area contributed by atoms with Crippen molar-refractivity contribution in [3.05, 3.63) is 41.9 Å². The van der Waals surface area contributed by atoms with Gasteiger partial charge in [-0.2, -0.15) is 10.2 Å². The number of sulfonamides is 1. The van der Waals surface area contributed by atoms with Crippen molar-refractivity contribution in [1.82, 2.24) is 28.7 Å². The Bertz CT molecular complexity index is 1280. The van der Waals surface area contributed by atoms with Crippen LogP contribution in [0.3, 0.4) is 0 Å². The third kappa shape index (κ3) is 3.57. The Balaban J connectivity index is 1.78. The van der Waals surface area contributed by atoms with E-state index in [-0.39, 0.29) is 18.8 Å². The lowest BCUT2D eigenvalue weighted by Crippen LogP contribution is -2.68. The first-order chi connectivity index (χ1) is 14.8. The molecule has 3 aromatic heterocycles. The zero-order valence-corrected chi connectivity index (χ0v) is 19.2. The topological polar surface area (TPSA) is 85.4 Å². The quantitative estimate of drug-likeness (QED) is 0.418. The number of nitrogens with zero attached hydrogens (tertiary/aromatic N) is 6. The highest BCUT2D eigenvalue weighted by atomic mass is 32.2. The van der Waals surface area contributed by atoms with Crippen molar-refractivity contribution >= 4 is 47.1 Å². The van der Waals surface area contributed by atoms with Gasteiger partial charge in [0, 0.05) is 24.9 Å². The molecule has 8 nitrogen and oxygen atoms in total. The SMILES string of the molecule is BC1(B)CC(c2cn3ncnc3cc2F)CC(B)(B)N1S(=O)(=O)c1cnn(C)c1C(F)F. The molecule has 1 fully saturated rings. The van der Waals surface area contributed by atoms with Gasteiger partial charge in [0.15, 0.2) is 5.65 Å². The number of aromatic nitrogens is 5. The van der Waals surface area contributed by atoms with Gasteiger partial charge in [0.05, 0.1) is 6.20 Å². The van der Waals surface area contributed by atoms with Crippen molar-refractivity contribution in [3.63, 3.8) is 0 Å². The first-order valence-corrected chi connectivity index (χ1v) is 11.5. The predicted molar refractivity (Wildman–Crippen MR) is 122 cm³/mol. The number of halogens is 3. The zero-order chi connectivity index (χ0) is 23.6. The molecule has 0 amide bonds. The second-order valence-electron chi connectivity index (χ2n) is 9.46. The number of hydrogen-bond donors (Lipinski definition) is 0. The standard InChI is InChI=1S/C16H21B4F3N6O2S/c1-27-13(14(22)23)11(5-25-27)32(30,31)29-15(17,18)3-8(4-16(29,19)20)9-6-28-12(2-10(9)21)24-7-26-28/h2,5-8,14H,3-4,17-20H2,1H3. The van der Waals surface area contributed by atoms with E-state index in [0.717, 1.165) is 10.9 Å². The maximum absolute atomic E-state index is 14.9. The van der Waals surface area contributed by atoms with E-state index in [1.807, 2.05) is 0 Å². The van der Waals surface area contributed by atoms with Crippen molar-refractivity contribution in [2.45, 2.75) is 40.8 Å². The van der Waals surface area contributed by atoms with Gasteiger partial charge in [0.25, 0.3) is 6.43 Å². The summed E-state index contributed by atoms with van der Waals surface area (Å²) in [5.41, 5.74) is 0.137. The van der Waals surface area contributed by atoms with E-state index in [4.69, 9.17) is 0 Å². The maximum atomic E-state index is 14.9. The van der Waals surface area contributed by atoms with Gasteiger partial charge in [-0.3, -0.25) is 4.68 Å². The zero-order valence-electron chi connectivity index (χ0n) is 18.4. The summed E-state index contributed by atoms with van der Waals surface area (Å²) in [4.78, 5) is 3.47. The second kappa shape index (κ2) is 7.41. The van der Waals surface area contributed by atoms with Crippen molar-refractivity contribution in [1.29, 1.82) is 0 Å². The molecule has 32 heavy (non-hydrogen) atoms. The Morgan fingerprint density at radius 2 is 1.78 bits per heavy atom. The van der Waals surface area contributed by atoms with Crippen LogP contribution in [0, 0.1) is 5.82 Å². The third-order valence-electron chi connectivity index (χ3n) is 6.10. The lowest BCUT2D eigenvalue weighted by atomic mass is 9.46. The van der Waals surface area contributed by atoms with Crippen LogP contribution in [0.4, 0.5) is 13.2 Å². The smallest absolute Gasteiger partial charge is 0.265 e. The van der Waals surface area contributed by atoms with Gasteiger partial charge in [-0.1, -0.05) is 0 Å². The van der Waals surface area contributed by atoms with Crippen LogP contribution in [0.25, 0.3) is 5.65 Å². The average Bonchev–Trinajstić information content (AvgIpc) is 3.24. The van der Waals surface area contributed by atoms with Crippen molar-refractivity contribution in [2.24, 2.45) is 7.05 Å². The molecule has 4 heterocycles. The fraction of sp³-hybridized carbons (Fsp3) is 0.438. The Morgan fingerprint density at radius 3 is 2.38 bits per heavy atom. The summed E-state index contributed by atoms with van der Waals surface area (Å²) in [7, 11) is 3.86. The largest absolute Gasteiger partial charge is 0.281 e. The molecule has 0 radical (unpaired) electrons. The molecule has 166 valence electrons. The first-order valence-electron chi connectivity index (χ1n) is 10.1. The van der Waals surface area contributed by atoms with E-state index >= 15 is 0 Å². The van der Waals surface area contributed by atoms with Gasteiger partial charge in [-0.25, -0.2) is 35.4 Å². The highest BCUT2D eigenvalue weighted by Gasteiger charge is 2.52. The summed E-state index contributed by atoms with van der Waals surface area (Å²) in [6, 6.07) is 1.30. The van der Waals surface area contributed by atoms with Crippen LogP contribution in [0.1, 0.15) is 36.4 Å². The van der Waals surface area contributed by atoms with Crippen LogP contribution >= 0.6 is 0 Å². The average molecular weight is 462 g/mol. The van der Waals surface area contributed by atoms with E-state index in [1.165, 1.54) is 28.3 Å². The molecule has 16 heteroatoms. The molecule has 0 N–H and O–H groups in total. The first kappa shape index (κ1) is 23.0. The Morgan fingerprint density at radius 1 is 1.16 bits per heavy atom. The van der Waals surface area contributed by atoms with Crippen LogP contribution < -0.4 is 0 Å². The molecule has 0 bridgehead atoms. The van der Waals surface area contributed by atoms with E-state index < -0.39 is 43.5 Å². The Labute approximate surface area is 187 Å². The second-order valence-corrected chi connectivity index (χ2v) is 11.2. The Kier molecular flexibility index (Phi) is 5.32. The van der Waals surface area contributed by atoms with E-state index in [0.29, 0.717) is 11.2 Å². The van der Waals surface area contributed by atoms with Crippen LogP contribution in [0.2, 0.25) is 0 Å². The molecule has 0 spiro atoms. The normalized spacial score (nSPS) is 19.7. The molecule has 1 aliphatic heterocycles. The lowest BCUT2D eigenvalue weighted by molar-refractivity contribution is 0.136. The molecule has 1 saturated heterocycles. The molecule has 1 aliphatic rings. The lowest BCUT2D eigenvalue weighted by Gasteiger charge is -2.55. The molecule has 0 aliphatic carbocycles. The summed E-state index contributed by atoms with van der Waals surface area (Å²) in [5, 5.41) is 5.83. The fourth-order valence-corrected chi connectivity index (χ4v) is 7.57. The van der Waals surface area contributed by atoms with E-state index in [1.54, 1.807) is 37.6 Å². The molecule has 0 unspecified atom stereocenters. The Hall–Kier alpha value is -2.21. The van der Waals surface area contributed by atoms with Crippen LogP contribution in [0.5, 0.6) is 0 Å². The van der Waals surface area contributed by atoms with Gasteiger partial charge in [-0.15, -0.1) is 0 Å². The van der Waals surface area contributed by atoms with Gasteiger partial charge in [0.1, 0.15) is 54.1 Å². The molecule has 0 saturated carbocycles. The highest BCUT2D eigenvalue weighted by Crippen LogP contribution is 2.45. The monoisotopic (exact) mass is 462 g/mol. The number of pyridine rings is 1. The molecular weight excluding hydrogens is 441 g/mol. The molecule has 3 aromatic rings. The van der Waals surface area contributed by atoms with Gasteiger partial charge in [-0.05, 0) is 29.4 Å². The van der Waals surface area contributed by atoms with Crippen LogP contribution in [-0.2, 0) is 17.1 Å².